The lowest BCUT2D eigenvalue weighted by molar-refractivity contribution is -0.122. The lowest BCUT2D eigenvalue weighted by atomic mass is 10.2. The number of hydrogen-bond donors (Lipinski definition) is 0. The first kappa shape index (κ1) is 27.9. The molecular weight excluding hydrogens is 574 g/mol. The van der Waals surface area contributed by atoms with Crippen molar-refractivity contribution in [3.8, 4) is 5.75 Å². The third-order valence-corrected chi connectivity index (χ3v) is 8.86. The van der Waals surface area contributed by atoms with Gasteiger partial charge in [-0.1, -0.05) is 42.2 Å². The molecule has 8 nitrogen and oxygen atoms in total. The number of halogens is 1. The zero-order chi connectivity index (χ0) is 29.4. The van der Waals surface area contributed by atoms with Crippen LogP contribution in [0.2, 0.25) is 0 Å². The molecule has 0 aliphatic carbocycles. The number of nitrogens with zero attached hydrogens (tertiary/aromatic N) is 5. The first-order chi connectivity index (χ1) is 20.3. The van der Waals surface area contributed by atoms with Crippen molar-refractivity contribution in [2.45, 2.75) is 13.5 Å². The number of fused-ring (bicyclic) bond motifs is 1. The molecule has 1 amide bonds. The largest absolute Gasteiger partial charge is 0.497 e. The van der Waals surface area contributed by atoms with E-state index in [4.69, 9.17) is 21.9 Å². The number of thioether (sulfide) groups is 1. The van der Waals surface area contributed by atoms with E-state index in [9.17, 15) is 14.0 Å². The first-order valence-corrected chi connectivity index (χ1v) is 14.7. The highest BCUT2D eigenvalue weighted by Crippen LogP contribution is 2.35. The van der Waals surface area contributed by atoms with Gasteiger partial charge >= 0.3 is 0 Å². The van der Waals surface area contributed by atoms with Crippen molar-refractivity contribution < 1.29 is 13.9 Å². The zero-order valence-electron chi connectivity index (χ0n) is 23.1. The van der Waals surface area contributed by atoms with Gasteiger partial charge in [0.1, 0.15) is 27.4 Å². The third kappa shape index (κ3) is 5.37. The predicted molar refractivity (Wildman–Crippen MR) is 169 cm³/mol. The van der Waals surface area contributed by atoms with Crippen LogP contribution in [-0.2, 0) is 11.3 Å². The quantitative estimate of drug-likeness (QED) is 0.229. The molecule has 2 saturated heterocycles. The standard InChI is InChI=1S/C31H28FN5O3S2/c1-20-4-3-13-36-27(20)33-28(35-16-14-34(15-17-35)23-9-7-22(32)8-10-23)25(29(36)38)18-26-30(39)37(31(41)42-26)19-21-5-11-24(40-2)12-6-21/h3-13,18H,14-17,19H2,1-2H3/b26-18+. The number of carbonyl (C=O) groups excluding carboxylic acids is 1. The van der Waals surface area contributed by atoms with Crippen LogP contribution >= 0.6 is 24.0 Å². The highest BCUT2D eigenvalue weighted by atomic mass is 32.2. The fraction of sp³-hybridized carbons (Fsp3) is 0.226. The molecule has 2 aromatic heterocycles. The minimum Gasteiger partial charge on any atom is -0.497 e. The van der Waals surface area contributed by atoms with Crippen molar-refractivity contribution in [2.24, 2.45) is 0 Å². The van der Waals surface area contributed by atoms with E-state index >= 15 is 0 Å². The normalized spacial score (nSPS) is 16.6. The van der Waals surface area contributed by atoms with Crippen LogP contribution in [0.1, 0.15) is 16.7 Å². The SMILES string of the molecule is COc1ccc(CN2C(=O)/C(=C\c3c(N4CCN(c5ccc(F)cc5)CC4)nc4c(C)cccn4c3=O)SC2=S)cc1. The Balaban J connectivity index is 1.33. The van der Waals surface area contributed by atoms with Crippen molar-refractivity contribution in [3.05, 3.63) is 105 Å². The van der Waals surface area contributed by atoms with Crippen molar-refractivity contribution in [3.63, 3.8) is 0 Å². The van der Waals surface area contributed by atoms with Gasteiger partial charge in [0.05, 0.1) is 24.1 Å². The van der Waals surface area contributed by atoms with E-state index in [1.54, 1.807) is 36.4 Å². The number of thiocarbonyl (C=S) groups is 1. The summed E-state index contributed by atoms with van der Waals surface area (Å²) in [5.74, 6) is 0.748. The van der Waals surface area contributed by atoms with E-state index in [1.165, 1.54) is 28.3 Å². The smallest absolute Gasteiger partial charge is 0.267 e. The van der Waals surface area contributed by atoms with Crippen LogP contribution in [0.5, 0.6) is 5.75 Å². The van der Waals surface area contributed by atoms with Gasteiger partial charge in [0.25, 0.3) is 11.5 Å². The Hall–Kier alpha value is -4.22. The van der Waals surface area contributed by atoms with Gasteiger partial charge in [0.15, 0.2) is 0 Å². The van der Waals surface area contributed by atoms with Crippen LogP contribution in [-0.4, -0.2) is 57.8 Å². The Morgan fingerprint density at radius 1 is 1.00 bits per heavy atom. The molecule has 6 rings (SSSR count). The summed E-state index contributed by atoms with van der Waals surface area (Å²) in [5, 5.41) is 0. The van der Waals surface area contributed by atoms with Crippen LogP contribution in [0.4, 0.5) is 15.9 Å². The Kier molecular flexibility index (Phi) is 7.70. The summed E-state index contributed by atoms with van der Waals surface area (Å²) in [4.78, 5) is 38.6. The van der Waals surface area contributed by atoms with Crippen LogP contribution in [0.3, 0.4) is 0 Å². The average molecular weight is 602 g/mol. The molecule has 4 heterocycles. The van der Waals surface area contributed by atoms with Gasteiger partial charge in [-0.2, -0.15) is 0 Å². The average Bonchev–Trinajstić information content (AvgIpc) is 3.27. The molecule has 42 heavy (non-hydrogen) atoms. The highest BCUT2D eigenvalue weighted by molar-refractivity contribution is 8.26. The number of amides is 1. The van der Waals surface area contributed by atoms with Crippen LogP contribution in [0.25, 0.3) is 11.7 Å². The molecule has 2 aliphatic heterocycles. The summed E-state index contributed by atoms with van der Waals surface area (Å²) in [5.41, 5.74) is 3.40. The number of hydrogen-bond acceptors (Lipinski definition) is 8. The van der Waals surface area contributed by atoms with E-state index in [0.29, 0.717) is 59.0 Å². The molecule has 4 aromatic rings. The Bertz CT molecular complexity index is 1760. The highest BCUT2D eigenvalue weighted by Gasteiger charge is 2.33. The van der Waals surface area contributed by atoms with Gasteiger partial charge in [0.2, 0.25) is 0 Å². The molecule has 2 fully saturated rings. The van der Waals surface area contributed by atoms with Gasteiger partial charge < -0.3 is 14.5 Å². The number of aryl methyl sites for hydroxylation is 1. The van der Waals surface area contributed by atoms with Crippen molar-refractivity contribution in [1.29, 1.82) is 0 Å². The van der Waals surface area contributed by atoms with Gasteiger partial charge in [-0.05, 0) is 66.6 Å². The van der Waals surface area contributed by atoms with E-state index in [2.05, 4.69) is 9.80 Å². The van der Waals surface area contributed by atoms with E-state index in [-0.39, 0.29) is 17.3 Å². The van der Waals surface area contributed by atoms with Gasteiger partial charge in [-0.25, -0.2) is 9.37 Å². The van der Waals surface area contributed by atoms with Gasteiger partial charge in [-0.3, -0.25) is 18.9 Å². The molecule has 0 saturated carbocycles. The number of aromatic nitrogens is 2. The molecule has 0 bridgehead atoms. The number of pyridine rings is 1. The van der Waals surface area contributed by atoms with Gasteiger partial charge in [-0.15, -0.1) is 0 Å². The fourth-order valence-electron chi connectivity index (χ4n) is 5.18. The Morgan fingerprint density at radius 2 is 1.69 bits per heavy atom. The Labute approximate surface area is 252 Å². The molecule has 0 radical (unpaired) electrons. The summed E-state index contributed by atoms with van der Waals surface area (Å²) in [6.07, 6.45) is 3.33. The van der Waals surface area contributed by atoms with Crippen LogP contribution in [0, 0.1) is 12.7 Å². The number of carbonyl (C=O) groups is 1. The predicted octanol–water partition coefficient (Wildman–Crippen LogP) is 4.88. The van der Waals surface area contributed by atoms with Crippen LogP contribution in [0.15, 0.2) is 76.6 Å². The summed E-state index contributed by atoms with van der Waals surface area (Å²) in [7, 11) is 1.60. The minimum atomic E-state index is -0.271. The molecule has 0 spiro atoms. The summed E-state index contributed by atoms with van der Waals surface area (Å²) < 4.78 is 20.6. The number of ether oxygens (including phenoxy) is 1. The number of rotatable bonds is 6. The van der Waals surface area contributed by atoms with E-state index in [0.717, 1.165) is 22.6 Å². The maximum absolute atomic E-state index is 13.9. The lowest BCUT2D eigenvalue weighted by Crippen LogP contribution is -2.47. The summed E-state index contributed by atoms with van der Waals surface area (Å²) in [6.45, 7) is 4.78. The van der Waals surface area contributed by atoms with Crippen molar-refractivity contribution in [2.75, 3.05) is 43.1 Å². The molecular formula is C31H28FN5O3S2. The zero-order valence-corrected chi connectivity index (χ0v) is 24.8. The third-order valence-electron chi connectivity index (χ3n) is 7.48. The van der Waals surface area contributed by atoms with Crippen molar-refractivity contribution in [1.82, 2.24) is 14.3 Å². The second-order valence-electron chi connectivity index (χ2n) is 10.1. The van der Waals surface area contributed by atoms with Crippen LogP contribution < -0.4 is 20.1 Å². The molecule has 11 heteroatoms. The number of methoxy groups -OCH3 is 1. The van der Waals surface area contributed by atoms with Gasteiger partial charge in [0, 0.05) is 38.1 Å². The fourth-order valence-corrected chi connectivity index (χ4v) is 6.41. The number of benzene rings is 2. The second kappa shape index (κ2) is 11.6. The lowest BCUT2D eigenvalue weighted by Gasteiger charge is -2.37. The topological polar surface area (TPSA) is 70.4 Å². The number of anilines is 2. The maximum Gasteiger partial charge on any atom is 0.267 e. The van der Waals surface area contributed by atoms with E-state index in [1.807, 2.05) is 43.3 Å². The molecule has 214 valence electrons. The summed E-state index contributed by atoms with van der Waals surface area (Å²) >= 11 is 6.76. The number of piperazine rings is 1. The maximum atomic E-state index is 13.9. The molecule has 2 aromatic carbocycles. The Morgan fingerprint density at radius 3 is 2.38 bits per heavy atom. The molecule has 2 aliphatic rings. The van der Waals surface area contributed by atoms with E-state index < -0.39 is 0 Å². The summed E-state index contributed by atoms with van der Waals surface area (Å²) in [6, 6.07) is 17.7. The molecule has 0 unspecified atom stereocenters. The van der Waals surface area contributed by atoms with Crippen molar-refractivity contribution >= 4 is 57.4 Å². The minimum absolute atomic E-state index is 0.248. The molecule has 0 atom stereocenters. The second-order valence-corrected chi connectivity index (χ2v) is 11.8. The first-order valence-electron chi connectivity index (χ1n) is 13.5. The molecule has 0 N–H and O–H groups in total. The monoisotopic (exact) mass is 601 g/mol.